The third kappa shape index (κ3) is 4.16. The van der Waals surface area contributed by atoms with E-state index in [9.17, 15) is 9.90 Å². The van der Waals surface area contributed by atoms with Crippen molar-refractivity contribution in [3.05, 3.63) is 106 Å². The highest BCUT2D eigenvalue weighted by Gasteiger charge is 2.45. The SMILES string of the molecule is O=C1c2cc(Cc3ccc(Cl)nc3)c3cccnc3c2C(Cc2ccccc2)N1C1CCCCC1O. The summed E-state index contributed by atoms with van der Waals surface area (Å²) < 4.78 is 0. The lowest BCUT2D eigenvalue weighted by Crippen LogP contribution is -2.47. The van der Waals surface area contributed by atoms with Gasteiger partial charge in [-0.2, -0.15) is 0 Å². The second kappa shape index (κ2) is 9.64. The number of pyridine rings is 2. The average molecular weight is 498 g/mol. The number of aromatic nitrogens is 2. The van der Waals surface area contributed by atoms with Gasteiger partial charge in [-0.05, 0) is 60.6 Å². The van der Waals surface area contributed by atoms with Crippen molar-refractivity contribution >= 4 is 28.4 Å². The van der Waals surface area contributed by atoms with Crippen molar-refractivity contribution in [1.29, 1.82) is 0 Å². The Morgan fingerprint density at radius 3 is 2.58 bits per heavy atom. The first kappa shape index (κ1) is 23.1. The van der Waals surface area contributed by atoms with Crippen LogP contribution in [0.3, 0.4) is 0 Å². The van der Waals surface area contributed by atoms with Crippen LogP contribution in [0.4, 0.5) is 0 Å². The molecule has 3 unspecified atom stereocenters. The van der Waals surface area contributed by atoms with Gasteiger partial charge in [-0.1, -0.05) is 66.9 Å². The topological polar surface area (TPSA) is 66.3 Å². The molecule has 1 N–H and O–H groups in total. The number of hydrogen-bond acceptors (Lipinski definition) is 4. The molecule has 2 aliphatic rings. The van der Waals surface area contributed by atoms with E-state index in [2.05, 4.69) is 23.2 Å². The largest absolute Gasteiger partial charge is 0.391 e. The number of carbonyl (C=O) groups excluding carboxylic acids is 1. The van der Waals surface area contributed by atoms with Crippen LogP contribution in [-0.2, 0) is 12.8 Å². The second-order valence-corrected chi connectivity index (χ2v) is 10.3. The molecule has 1 amide bonds. The third-order valence-electron chi connectivity index (χ3n) is 7.66. The summed E-state index contributed by atoms with van der Waals surface area (Å²) in [6.07, 6.45) is 7.97. The predicted octanol–water partition coefficient (Wildman–Crippen LogP) is 5.92. The monoisotopic (exact) mass is 497 g/mol. The predicted molar refractivity (Wildman–Crippen MR) is 141 cm³/mol. The van der Waals surface area contributed by atoms with Gasteiger partial charge in [0.05, 0.1) is 23.7 Å². The lowest BCUT2D eigenvalue weighted by atomic mass is 9.88. The van der Waals surface area contributed by atoms with Crippen LogP contribution in [0.2, 0.25) is 5.15 Å². The Morgan fingerprint density at radius 1 is 0.972 bits per heavy atom. The summed E-state index contributed by atoms with van der Waals surface area (Å²) in [4.78, 5) is 25.1. The number of aliphatic hydroxyl groups is 1. The highest BCUT2D eigenvalue weighted by Crippen LogP contribution is 2.44. The summed E-state index contributed by atoms with van der Waals surface area (Å²) in [5.74, 6) is -0.0000784. The van der Waals surface area contributed by atoms with E-state index >= 15 is 0 Å². The van der Waals surface area contributed by atoms with Crippen LogP contribution >= 0.6 is 11.6 Å². The van der Waals surface area contributed by atoms with Crippen LogP contribution in [0.25, 0.3) is 10.9 Å². The molecule has 6 heteroatoms. The summed E-state index contributed by atoms with van der Waals surface area (Å²) >= 11 is 6.00. The summed E-state index contributed by atoms with van der Waals surface area (Å²) in [5.41, 5.74) is 5.79. The standard InChI is InChI=1S/C30H28ClN3O2/c31-27-13-12-20(18-33-27)15-21-17-23-28(29-22(21)9-6-14-32-29)25(16-19-7-2-1-3-8-19)34(30(23)36)24-10-4-5-11-26(24)35/h1-3,6-9,12-14,17-18,24-26,35H,4-5,10-11,15-16H2. The molecule has 3 heterocycles. The normalized spacial score (nSPS) is 21.7. The Labute approximate surface area is 215 Å². The second-order valence-electron chi connectivity index (χ2n) is 9.90. The number of benzene rings is 2. The molecule has 0 saturated heterocycles. The van der Waals surface area contributed by atoms with Gasteiger partial charge < -0.3 is 10.0 Å². The van der Waals surface area contributed by atoms with Gasteiger partial charge in [-0.15, -0.1) is 0 Å². The van der Waals surface area contributed by atoms with Gasteiger partial charge in [0, 0.05) is 28.9 Å². The first-order chi connectivity index (χ1) is 17.6. The highest BCUT2D eigenvalue weighted by molar-refractivity contribution is 6.29. The van der Waals surface area contributed by atoms with Crippen LogP contribution in [-0.4, -0.2) is 38.0 Å². The van der Waals surface area contributed by atoms with Crippen LogP contribution in [0.5, 0.6) is 0 Å². The first-order valence-electron chi connectivity index (χ1n) is 12.7. The third-order valence-corrected chi connectivity index (χ3v) is 7.88. The van der Waals surface area contributed by atoms with Gasteiger partial charge in [0.1, 0.15) is 5.15 Å². The smallest absolute Gasteiger partial charge is 0.255 e. The zero-order chi connectivity index (χ0) is 24.6. The number of fused-ring (bicyclic) bond motifs is 3. The molecule has 5 nitrogen and oxygen atoms in total. The lowest BCUT2D eigenvalue weighted by Gasteiger charge is -2.39. The molecule has 1 saturated carbocycles. The number of hydrogen-bond donors (Lipinski definition) is 1. The van der Waals surface area contributed by atoms with Gasteiger partial charge in [0.15, 0.2) is 0 Å². The minimum absolute atomic E-state index is 0.0000784. The molecule has 4 aromatic rings. The molecule has 0 bridgehead atoms. The van der Waals surface area contributed by atoms with Crippen molar-refractivity contribution in [1.82, 2.24) is 14.9 Å². The van der Waals surface area contributed by atoms with Crippen molar-refractivity contribution in [2.45, 2.75) is 56.7 Å². The molecule has 0 spiro atoms. The van der Waals surface area contributed by atoms with E-state index in [1.807, 2.05) is 41.3 Å². The molecule has 3 atom stereocenters. The van der Waals surface area contributed by atoms with Crippen LogP contribution in [0.1, 0.15) is 64.3 Å². The van der Waals surface area contributed by atoms with Crippen molar-refractivity contribution < 1.29 is 9.90 Å². The summed E-state index contributed by atoms with van der Waals surface area (Å²) in [5, 5.41) is 12.5. The van der Waals surface area contributed by atoms with Gasteiger partial charge >= 0.3 is 0 Å². The molecule has 1 aliphatic carbocycles. The summed E-state index contributed by atoms with van der Waals surface area (Å²) in [6.45, 7) is 0. The molecule has 2 aromatic heterocycles. The molecule has 2 aromatic carbocycles. The van der Waals surface area contributed by atoms with E-state index in [0.29, 0.717) is 23.6 Å². The van der Waals surface area contributed by atoms with Crippen molar-refractivity contribution in [2.24, 2.45) is 0 Å². The summed E-state index contributed by atoms with van der Waals surface area (Å²) in [6, 6.07) is 19.8. The molecular weight excluding hydrogens is 470 g/mol. The number of nitrogens with zero attached hydrogens (tertiary/aromatic N) is 3. The van der Waals surface area contributed by atoms with Crippen LogP contribution in [0.15, 0.2) is 73.1 Å². The van der Waals surface area contributed by atoms with Crippen molar-refractivity contribution in [3.63, 3.8) is 0 Å². The van der Waals surface area contributed by atoms with E-state index in [0.717, 1.165) is 53.3 Å². The molecule has 1 aliphatic heterocycles. The number of halogens is 1. The Balaban J connectivity index is 1.50. The van der Waals surface area contributed by atoms with Crippen LogP contribution in [0, 0.1) is 0 Å². The van der Waals surface area contributed by atoms with Gasteiger partial charge in [-0.3, -0.25) is 9.78 Å². The van der Waals surface area contributed by atoms with E-state index in [-0.39, 0.29) is 18.0 Å². The quantitative estimate of drug-likeness (QED) is 0.348. The maximum absolute atomic E-state index is 14.1. The molecule has 6 rings (SSSR count). The molecule has 36 heavy (non-hydrogen) atoms. The highest BCUT2D eigenvalue weighted by atomic mass is 35.5. The van der Waals surface area contributed by atoms with E-state index < -0.39 is 6.10 Å². The number of rotatable bonds is 5. The van der Waals surface area contributed by atoms with Crippen molar-refractivity contribution in [2.75, 3.05) is 0 Å². The van der Waals surface area contributed by atoms with E-state index in [1.54, 1.807) is 18.5 Å². The van der Waals surface area contributed by atoms with Gasteiger partial charge in [0.2, 0.25) is 0 Å². The zero-order valence-electron chi connectivity index (χ0n) is 20.0. The zero-order valence-corrected chi connectivity index (χ0v) is 20.7. The van der Waals surface area contributed by atoms with E-state index in [1.165, 1.54) is 5.56 Å². The first-order valence-corrected chi connectivity index (χ1v) is 13.0. The molecule has 182 valence electrons. The Morgan fingerprint density at radius 2 is 1.81 bits per heavy atom. The minimum atomic E-state index is -0.505. The molecule has 0 radical (unpaired) electrons. The number of carbonyl (C=O) groups is 1. The maximum atomic E-state index is 14.1. The minimum Gasteiger partial charge on any atom is -0.391 e. The van der Waals surface area contributed by atoms with E-state index in [4.69, 9.17) is 16.6 Å². The van der Waals surface area contributed by atoms with Gasteiger partial charge in [-0.25, -0.2) is 4.98 Å². The fourth-order valence-electron chi connectivity index (χ4n) is 5.98. The molecule has 1 fully saturated rings. The van der Waals surface area contributed by atoms with Gasteiger partial charge in [0.25, 0.3) is 5.91 Å². The molecular formula is C30H28ClN3O2. The maximum Gasteiger partial charge on any atom is 0.255 e. The lowest BCUT2D eigenvalue weighted by molar-refractivity contribution is 0.00724. The Bertz CT molecular complexity index is 1410. The summed E-state index contributed by atoms with van der Waals surface area (Å²) in [7, 11) is 0. The Hall–Kier alpha value is -3.28. The fraction of sp³-hybridized carbons (Fsp3) is 0.300. The van der Waals surface area contributed by atoms with Crippen LogP contribution < -0.4 is 0 Å². The fourth-order valence-corrected chi connectivity index (χ4v) is 6.09. The average Bonchev–Trinajstić information content (AvgIpc) is 3.17. The number of aliphatic hydroxyl groups excluding tert-OH is 1. The Kier molecular flexibility index (Phi) is 6.20. The van der Waals surface area contributed by atoms with Crippen molar-refractivity contribution in [3.8, 4) is 0 Å². The number of amides is 1.